The fourth-order valence-electron chi connectivity index (χ4n) is 3.81. The van der Waals surface area contributed by atoms with Crippen LogP contribution in [-0.4, -0.2) is 44.1 Å². The number of hydrogen-bond acceptors (Lipinski definition) is 4. The molecule has 2 N–H and O–H groups in total. The van der Waals surface area contributed by atoms with Gasteiger partial charge in [-0.1, -0.05) is 6.07 Å². The van der Waals surface area contributed by atoms with Crippen LogP contribution in [0.1, 0.15) is 12.8 Å². The lowest BCUT2D eigenvalue weighted by molar-refractivity contribution is -0.131. The molecular weight excluding hydrogens is 318 g/mol. The summed E-state index contributed by atoms with van der Waals surface area (Å²) >= 11 is 0. The molecule has 0 aromatic carbocycles. The summed E-state index contributed by atoms with van der Waals surface area (Å²) in [5, 5.41) is 4.21. The summed E-state index contributed by atoms with van der Waals surface area (Å²) in [6.07, 6.45) is 3.82. The van der Waals surface area contributed by atoms with Crippen LogP contribution in [0.2, 0.25) is 0 Å². The molecule has 2 aromatic heterocycles. The average Bonchev–Trinajstić information content (AvgIpc) is 3.16. The van der Waals surface area contributed by atoms with Gasteiger partial charge in [-0.05, 0) is 36.8 Å². The summed E-state index contributed by atoms with van der Waals surface area (Å²) < 4.78 is 2.69. The van der Waals surface area contributed by atoms with Gasteiger partial charge in [0, 0.05) is 25.3 Å². The molecule has 1 aliphatic carbocycles. The molecule has 2 aromatic rings. The van der Waals surface area contributed by atoms with Crippen LogP contribution in [-0.2, 0) is 11.3 Å². The summed E-state index contributed by atoms with van der Waals surface area (Å²) in [7, 11) is 0. The molecule has 3 atom stereocenters. The Hall–Kier alpha value is -1.86. The summed E-state index contributed by atoms with van der Waals surface area (Å²) in [5.41, 5.74) is 6.38. The van der Waals surface area contributed by atoms with Crippen LogP contribution < -0.4 is 11.4 Å². The maximum Gasteiger partial charge on any atom is 0.350 e. The second-order valence-electron chi connectivity index (χ2n) is 6.33. The Morgan fingerprint density at radius 3 is 2.87 bits per heavy atom. The van der Waals surface area contributed by atoms with Crippen molar-refractivity contribution >= 4 is 24.0 Å². The zero-order valence-corrected chi connectivity index (χ0v) is 13.5. The van der Waals surface area contributed by atoms with E-state index in [1.54, 1.807) is 18.3 Å². The van der Waals surface area contributed by atoms with Gasteiger partial charge >= 0.3 is 5.69 Å². The number of hydrogen-bond donors (Lipinski definition) is 1. The van der Waals surface area contributed by atoms with Crippen LogP contribution in [0, 0.1) is 11.8 Å². The standard InChI is InChI=1S/C15H19N5O2.ClH/c16-12-5-4-10-7-18(8-11(10)12)14(21)9-20-15(22)19-6-2-1-3-13(19)17-20;/h1-3,6,10-12H,4-5,7-9,16H2;1H. The van der Waals surface area contributed by atoms with Crippen molar-refractivity contribution in [3.63, 3.8) is 0 Å². The predicted molar refractivity (Wildman–Crippen MR) is 87.5 cm³/mol. The van der Waals surface area contributed by atoms with E-state index >= 15 is 0 Å². The highest BCUT2D eigenvalue weighted by Crippen LogP contribution is 2.37. The van der Waals surface area contributed by atoms with Crippen molar-refractivity contribution in [3.8, 4) is 0 Å². The van der Waals surface area contributed by atoms with Crippen LogP contribution in [0.15, 0.2) is 29.2 Å². The fourth-order valence-corrected chi connectivity index (χ4v) is 3.81. The quantitative estimate of drug-likeness (QED) is 0.843. The number of amides is 1. The van der Waals surface area contributed by atoms with Gasteiger partial charge in [-0.3, -0.25) is 9.20 Å². The Balaban J connectivity index is 0.00000156. The minimum atomic E-state index is -0.278. The van der Waals surface area contributed by atoms with Crippen LogP contribution in [0.25, 0.3) is 5.65 Å². The summed E-state index contributed by atoms with van der Waals surface area (Å²) in [4.78, 5) is 26.5. The van der Waals surface area contributed by atoms with Gasteiger partial charge < -0.3 is 10.6 Å². The predicted octanol–water partition coefficient (Wildman–Crippen LogP) is 0.113. The number of carbonyl (C=O) groups is 1. The molecule has 2 fully saturated rings. The Labute approximate surface area is 139 Å². The van der Waals surface area contributed by atoms with Crippen LogP contribution >= 0.6 is 12.4 Å². The highest BCUT2D eigenvalue weighted by atomic mass is 35.5. The van der Waals surface area contributed by atoms with Crippen molar-refractivity contribution < 1.29 is 4.79 Å². The molecule has 124 valence electrons. The third kappa shape index (κ3) is 2.64. The smallest absolute Gasteiger partial charge is 0.340 e. The van der Waals surface area contributed by atoms with Crippen molar-refractivity contribution in [3.05, 3.63) is 34.9 Å². The molecule has 0 spiro atoms. The third-order valence-electron chi connectivity index (χ3n) is 5.04. The van der Waals surface area contributed by atoms with E-state index in [4.69, 9.17) is 5.73 Å². The first kappa shape index (κ1) is 16.0. The first-order valence-electron chi connectivity index (χ1n) is 7.71. The molecular formula is C15H20ClN5O2. The molecule has 3 unspecified atom stereocenters. The average molecular weight is 338 g/mol. The molecule has 0 bridgehead atoms. The van der Waals surface area contributed by atoms with Gasteiger partial charge in [-0.15, -0.1) is 17.5 Å². The van der Waals surface area contributed by atoms with E-state index < -0.39 is 0 Å². The highest BCUT2D eigenvalue weighted by molar-refractivity contribution is 5.85. The lowest BCUT2D eigenvalue weighted by Crippen LogP contribution is -2.37. The van der Waals surface area contributed by atoms with E-state index in [0.29, 0.717) is 24.0 Å². The van der Waals surface area contributed by atoms with E-state index in [9.17, 15) is 9.59 Å². The van der Waals surface area contributed by atoms with E-state index in [1.165, 1.54) is 9.08 Å². The number of carbonyl (C=O) groups excluding carboxylic acids is 1. The second-order valence-corrected chi connectivity index (χ2v) is 6.33. The molecule has 1 saturated carbocycles. The number of nitrogens with zero attached hydrogens (tertiary/aromatic N) is 4. The number of pyridine rings is 1. The van der Waals surface area contributed by atoms with Crippen LogP contribution in [0.4, 0.5) is 0 Å². The van der Waals surface area contributed by atoms with Gasteiger partial charge in [0.2, 0.25) is 5.91 Å². The van der Waals surface area contributed by atoms with Gasteiger partial charge in [0.25, 0.3) is 0 Å². The molecule has 8 heteroatoms. The molecule has 3 heterocycles. The molecule has 0 radical (unpaired) electrons. The van der Waals surface area contributed by atoms with E-state index in [2.05, 4.69) is 5.10 Å². The third-order valence-corrected chi connectivity index (χ3v) is 5.04. The van der Waals surface area contributed by atoms with Crippen molar-refractivity contribution in [2.24, 2.45) is 17.6 Å². The number of rotatable bonds is 2. The lowest BCUT2D eigenvalue weighted by Gasteiger charge is -2.18. The van der Waals surface area contributed by atoms with Gasteiger partial charge in [0.15, 0.2) is 5.65 Å². The Morgan fingerprint density at radius 1 is 1.30 bits per heavy atom. The van der Waals surface area contributed by atoms with Crippen molar-refractivity contribution in [1.82, 2.24) is 19.1 Å². The topological polar surface area (TPSA) is 85.6 Å². The molecule has 4 rings (SSSR count). The maximum atomic E-state index is 12.5. The van der Waals surface area contributed by atoms with Crippen molar-refractivity contribution in [2.45, 2.75) is 25.4 Å². The van der Waals surface area contributed by atoms with Gasteiger partial charge in [0.1, 0.15) is 6.54 Å². The van der Waals surface area contributed by atoms with Gasteiger partial charge in [0.05, 0.1) is 0 Å². The molecule has 2 aliphatic rings. The van der Waals surface area contributed by atoms with E-state index in [0.717, 1.165) is 19.4 Å². The Morgan fingerprint density at radius 2 is 2.13 bits per heavy atom. The maximum absolute atomic E-state index is 12.5. The monoisotopic (exact) mass is 337 g/mol. The molecule has 1 saturated heterocycles. The van der Waals surface area contributed by atoms with Gasteiger partial charge in [-0.2, -0.15) is 0 Å². The first-order valence-corrected chi connectivity index (χ1v) is 7.71. The van der Waals surface area contributed by atoms with E-state index in [1.807, 2.05) is 11.0 Å². The van der Waals surface area contributed by atoms with E-state index in [-0.39, 0.29) is 36.6 Å². The fraction of sp³-hybridized carbons (Fsp3) is 0.533. The first-order chi connectivity index (χ1) is 10.6. The molecule has 7 nitrogen and oxygen atoms in total. The molecule has 23 heavy (non-hydrogen) atoms. The number of likely N-dealkylation sites (tertiary alicyclic amines) is 1. The Kier molecular flexibility index (Phi) is 4.16. The summed E-state index contributed by atoms with van der Waals surface area (Å²) in [6, 6.07) is 5.55. The molecule has 1 aliphatic heterocycles. The van der Waals surface area contributed by atoms with Crippen molar-refractivity contribution in [2.75, 3.05) is 13.1 Å². The minimum absolute atomic E-state index is 0. The SMILES string of the molecule is Cl.NC1CCC2CN(C(=O)Cn3nc4ccccn4c3=O)CC12. The zero-order chi connectivity index (χ0) is 15.3. The van der Waals surface area contributed by atoms with Crippen molar-refractivity contribution in [1.29, 1.82) is 0 Å². The number of halogens is 1. The highest BCUT2D eigenvalue weighted by Gasteiger charge is 2.42. The Bertz CT molecular complexity index is 786. The van der Waals surface area contributed by atoms with Gasteiger partial charge in [-0.25, -0.2) is 9.48 Å². The normalized spacial score (nSPS) is 26.3. The largest absolute Gasteiger partial charge is 0.350 e. The zero-order valence-electron chi connectivity index (χ0n) is 12.7. The lowest BCUT2D eigenvalue weighted by atomic mass is 9.98. The van der Waals surface area contributed by atoms with Crippen LogP contribution in [0.5, 0.6) is 0 Å². The number of fused-ring (bicyclic) bond motifs is 2. The van der Waals surface area contributed by atoms with Crippen LogP contribution in [0.3, 0.4) is 0 Å². The summed E-state index contributed by atoms with van der Waals surface area (Å²) in [6.45, 7) is 1.47. The number of aromatic nitrogens is 3. The minimum Gasteiger partial charge on any atom is -0.340 e. The number of nitrogens with two attached hydrogens (primary N) is 1. The summed E-state index contributed by atoms with van der Waals surface area (Å²) in [5.74, 6) is 0.894. The second kappa shape index (κ2) is 5.98. The molecule has 1 amide bonds.